The molecule has 1 aromatic rings. The molecular formula is C11H18NO6P2+. The monoisotopic (exact) mass is 322 g/mol. The average Bonchev–Trinajstić information content (AvgIpc) is 2.31. The van der Waals surface area contributed by atoms with E-state index in [9.17, 15) is 9.13 Å². The second-order valence-electron chi connectivity index (χ2n) is 4.30. The van der Waals surface area contributed by atoms with Crippen LogP contribution in [0.3, 0.4) is 0 Å². The molecule has 0 saturated carbocycles. The van der Waals surface area contributed by atoms with Crippen molar-refractivity contribution in [2.24, 2.45) is 0 Å². The lowest BCUT2D eigenvalue weighted by molar-refractivity contribution is -0.694. The summed E-state index contributed by atoms with van der Waals surface area (Å²) in [6.45, 7) is 1.51. The van der Waals surface area contributed by atoms with Gasteiger partial charge in [-0.2, -0.15) is 0 Å². The fraction of sp³-hybridized carbons (Fsp3) is 0.364. The number of rotatable bonds is 6. The summed E-state index contributed by atoms with van der Waals surface area (Å²) in [5.41, 5.74) is 0.782. The fourth-order valence-corrected chi connectivity index (χ4v) is 3.98. The van der Waals surface area contributed by atoms with Crippen LogP contribution < -0.4 is 4.57 Å². The summed E-state index contributed by atoms with van der Waals surface area (Å²) in [4.78, 5) is 36.3. The predicted octanol–water partition coefficient (Wildman–Crippen LogP) is 1.08. The molecule has 0 aliphatic rings. The molecule has 0 atom stereocenters. The first-order valence-electron chi connectivity index (χ1n) is 5.90. The smallest absolute Gasteiger partial charge is 0.324 e. The first-order chi connectivity index (χ1) is 9.14. The lowest BCUT2D eigenvalue weighted by Gasteiger charge is -2.16. The van der Waals surface area contributed by atoms with Crippen molar-refractivity contribution >= 4 is 21.3 Å². The zero-order valence-corrected chi connectivity index (χ0v) is 12.7. The maximum atomic E-state index is 11.2. The van der Waals surface area contributed by atoms with Crippen molar-refractivity contribution in [2.75, 3.05) is 0 Å². The average molecular weight is 322 g/mol. The van der Waals surface area contributed by atoms with Crippen LogP contribution in [0.4, 0.5) is 0 Å². The van der Waals surface area contributed by atoms with E-state index in [-0.39, 0.29) is 0 Å². The lowest BCUT2D eigenvalue weighted by atomic mass is 10.2. The molecule has 4 N–H and O–H groups in total. The van der Waals surface area contributed by atoms with E-state index in [2.05, 4.69) is 0 Å². The minimum absolute atomic E-state index is 0.456. The van der Waals surface area contributed by atoms with Crippen molar-refractivity contribution in [3.8, 4) is 0 Å². The maximum Gasteiger partial charge on any atom is 0.347 e. The highest BCUT2D eigenvalue weighted by Gasteiger charge is 2.46. The van der Waals surface area contributed by atoms with Crippen LogP contribution in [-0.4, -0.2) is 25.0 Å². The molecule has 0 amide bonds. The summed E-state index contributed by atoms with van der Waals surface area (Å²) >= 11 is 0. The second-order valence-corrected chi connectivity index (χ2v) is 8.31. The quantitative estimate of drug-likeness (QED) is 0.460. The minimum atomic E-state index is -4.90. The highest BCUT2D eigenvalue weighted by atomic mass is 31.2. The Morgan fingerprint density at radius 3 is 2.35 bits per heavy atom. The summed E-state index contributed by atoms with van der Waals surface area (Å²) in [6.07, 6.45) is 7.64. The van der Waals surface area contributed by atoms with Crippen LogP contribution in [0.5, 0.6) is 0 Å². The molecule has 1 aromatic heterocycles. The van der Waals surface area contributed by atoms with E-state index in [1.165, 1.54) is 10.8 Å². The van der Waals surface area contributed by atoms with Crippen molar-refractivity contribution in [3.05, 3.63) is 36.2 Å². The molecule has 0 aromatic carbocycles. The molecule has 0 radical (unpaired) electrons. The summed E-state index contributed by atoms with van der Waals surface area (Å²) < 4.78 is 23.8. The van der Waals surface area contributed by atoms with Crippen molar-refractivity contribution < 1.29 is 33.3 Å². The predicted molar refractivity (Wildman–Crippen MR) is 73.8 cm³/mol. The number of hydrogen-bond donors (Lipinski definition) is 4. The van der Waals surface area contributed by atoms with Gasteiger partial charge in [-0.25, -0.2) is 4.57 Å². The van der Waals surface area contributed by atoms with Crippen LogP contribution in [0, 0.1) is 0 Å². The number of hydrogen-bond acceptors (Lipinski definition) is 2. The van der Waals surface area contributed by atoms with Crippen LogP contribution in [0.2, 0.25) is 0 Å². The van der Waals surface area contributed by atoms with Gasteiger partial charge in [0.25, 0.3) is 0 Å². The Labute approximate surface area is 116 Å². The van der Waals surface area contributed by atoms with Gasteiger partial charge in [-0.15, -0.1) is 0 Å². The number of allylic oxidation sites excluding steroid dienone is 1. The highest BCUT2D eigenvalue weighted by molar-refractivity contribution is 7.70. The van der Waals surface area contributed by atoms with Gasteiger partial charge in [0.05, 0.1) is 0 Å². The molecule has 20 heavy (non-hydrogen) atoms. The number of aromatic nitrogens is 1. The Kier molecular flexibility index (Phi) is 5.83. The van der Waals surface area contributed by atoms with Crippen LogP contribution in [0.25, 0.3) is 6.08 Å². The van der Waals surface area contributed by atoms with Crippen molar-refractivity contribution in [1.29, 1.82) is 0 Å². The summed E-state index contributed by atoms with van der Waals surface area (Å²) in [5, 5.41) is -2.04. The number of nitrogens with zero attached hydrogens (tertiary/aromatic N) is 1. The van der Waals surface area contributed by atoms with E-state index in [4.69, 9.17) is 19.6 Å². The molecule has 7 nitrogen and oxygen atoms in total. The molecular weight excluding hydrogens is 304 g/mol. The Bertz CT molecular complexity index is 554. The summed E-state index contributed by atoms with van der Waals surface area (Å²) in [5.74, 6) is 0. The SMILES string of the molecule is CC/C=C/c1ccc[n+](CC(P(=O)(O)O)P(=O)(O)O)c1. The van der Waals surface area contributed by atoms with Crippen LogP contribution in [0.1, 0.15) is 18.9 Å². The summed E-state index contributed by atoms with van der Waals surface area (Å²) in [7, 11) is -9.80. The van der Waals surface area contributed by atoms with Gasteiger partial charge in [-0.05, 0) is 12.5 Å². The van der Waals surface area contributed by atoms with E-state index in [1.807, 2.05) is 19.1 Å². The molecule has 0 bridgehead atoms. The molecule has 1 rings (SSSR count). The standard InChI is InChI=1S/C11H17NO6P2/c1-2-3-5-10-6-4-7-12(8-10)9-11(19(13,14)15)20(16,17)18/h3-8,11H,2,9H2,1H3,(H3-,13,14,15,16,17,18)/p+1/b5-3+. The van der Waals surface area contributed by atoms with Crippen molar-refractivity contribution in [2.45, 2.75) is 25.3 Å². The first kappa shape index (κ1) is 17.2. The maximum absolute atomic E-state index is 11.2. The van der Waals surface area contributed by atoms with Gasteiger partial charge in [-0.3, -0.25) is 9.13 Å². The molecule has 0 aliphatic carbocycles. The Balaban J connectivity index is 3.04. The van der Waals surface area contributed by atoms with Gasteiger partial charge in [0.1, 0.15) is 0 Å². The topological polar surface area (TPSA) is 119 Å². The first-order valence-corrected chi connectivity index (χ1v) is 9.27. The zero-order chi connectivity index (χ0) is 15.4. The van der Waals surface area contributed by atoms with Crippen LogP contribution >= 0.6 is 15.2 Å². The zero-order valence-electron chi connectivity index (χ0n) is 10.9. The van der Waals surface area contributed by atoms with Crippen LogP contribution in [0.15, 0.2) is 30.6 Å². The molecule has 0 spiro atoms. The minimum Gasteiger partial charge on any atom is -0.324 e. The molecule has 0 fully saturated rings. The van der Waals surface area contributed by atoms with Gasteiger partial charge in [0.2, 0.25) is 5.40 Å². The van der Waals surface area contributed by atoms with E-state index >= 15 is 0 Å². The van der Waals surface area contributed by atoms with Gasteiger partial charge in [-0.1, -0.05) is 19.1 Å². The Morgan fingerprint density at radius 1 is 1.25 bits per heavy atom. The largest absolute Gasteiger partial charge is 0.347 e. The third-order valence-corrected chi connectivity index (χ3v) is 6.26. The van der Waals surface area contributed by atoms with Gasteiger partial charge in [0.15, 0.2) is 18.9 Å². The van der Waals surface area contributed by atoms with E-state index < -0.39 is 27.1 Å². The Morgan fingerprint density at radius 2 is 1.85 bits per heavy atom. The molecule has 0 unspecified atom stereocenters. The molecule has 9 heteroatoms. The van der Waals surface area contributed by atoms with Gasteiger partial charge in [0, 0.05) is 11.6 Å². The van der Waals surface area contributed by atoms with E-state index in [1.54, 1.807) is 18.3 Å². The summed E-state index contributed by atoms with van der Waals surface area (Å²) in [6, 6.07) is 3.43. The van der Waals surface area contributed by atoms with Crippen molar-refractivity contribution in [1.82, 2.24) is 0 Å². The molecule has 0 saturated heterocycles. The van der Waals surface area contributed by atoms with Gasteiger partial charge >= 0.3 is 15.2 Å². The molecule has 112 valence electrons. The van der Waals surface area contributed by atoms with E-state index in [0.717, 1.165) is 12.0 Å². The van der Waals surface area contributed by atoms with Crippen molar-refractivity contribution in [3.63, 3.8) is 0 Å². The fourth-order valence-electron chi connectivity index (χ4n) is 1.61. The number of pyridine rings is 1. The normalized spacial score (nSPS) is 13.3. The molecule has 0 aliphatic heterocycles. The van der Waals surface area contributed by atoms with Crippen LogP contribution in [-0.2, 0) is 15.7 Å². The highest BCUT2D eigenvalue weighted by Crippen LogP contribution is 2.59. The van der Waals surface area contributed by atoms with E-state index in [0.29, 0.717) is 0 Å². The second kappa shape index (κ2) is 6.76. The third-order valence-electron chi connectivity index (χ3n) is 2.58. The Hall–Kier alpha value is -0.810. The van der Waals surface area contributed by atoms with Gasteiger partial charge < -0.3 is 19.6 Å². The molecule has 1 heterocycles. The third kappa shape index (κ3) is 5.29. The lowest BCUT2D eigenvalue weighted by Crippen LogP contribution is -2.39.